The molecule has 0 bridgehead atoms. The van der Waals surface area contributed by atoms with Gasteiger partial charge in [0.1, 0.15) is 0 Å². The zero-order chi connectivity index (χ0) is 10.8. The Morgan fingerprint density at radius 2 is 2.21 bits per heavy atom. The van der Waals surface area contributed by atoms with E-state index in [1.807, 2.05) is 0 Å². The molecule has 0 radical (unpaired) electrons. The Labute approximate surface area is 78.3 Å². The Kier molecular flexibility index (Phi) is 3.10. The minimum atomic E-state index is -4.24. The Morgan fingerprint density at radius 1 is 1.57 bits per heavy atom. The molecule has 14 heavy (non-hydrogen) atoms. The van der Waals surface area contributed by atoms with Crippen molar-refractivity contribution in [3.63, 3.8) is 0 Å². The van der Waals surface area contributed by atoms with E-state index in [0.717, 1.165) is 0 Å². The van der Waals surface area contributed by atoms with E-state index >= 15 is 0 Å². The molecular formula is C7H10F3N3O. The summed E-state index contributed by atoms with van der Waals surface area (Å²) in [6.07, 6.45) is -5.55. The fourth-order valence-electron chi connectivity index (χ4n) is 1.05. The lowest BCUT2D eigenvalue weighted by Gasteiger charge is -2.11. The quantitative estimate of drug-likeness (QED) is 0.813. The molecule has 0 saturated carbocycles. The van der Waals surface area contributed by atoms with Crippen LogP contribution in [0.25, 0.3) is 0 Å². The van der Waals surface area contributed by atoms with Gasteiger partial charge < -0.3 is 5.11 Å². The van der Waals surface area contributed by atoms with Gasteiger partial charge in [-0.05, 0) is 6.42 Å². The van der Waals surface area contributed by atoms with Gasteiger partial charge in [0.05, 0.1) is 18.0 Å². The van der Waals surface area contributed by atoms with Gasteiger partial charge in [0.15, 0.2) is 0 Å². The fraction of sp³-hybridized carbons (Fsp3) is 0.714. The summed E-state index contributed by atoms with van der Waals surface area (Å²) < 4.78 is 36.7. The van der Waals surface area contributed by atoms with Crippen LogP contribution in [0.2, 0.25) is 0 Å². The van der Waals surface area contributed by atoms with Gasteiger partial charge in [-0.3, -0.25) is 0 Å². The summed E-state index contributed by atoms with van der Waals surface area (Å²) in [7, 11) is 1.51. The molecule has 1 aromatic rings. The molecule has 1 atom stereocenters. The smallest absolute Gasteiger partial charge is 0.387 e. The van der Waals surface area contributed by atoms with Gasteiger partial charge in [0, 0.05) is 13.5 Å². The molecule has 0 aliphatic rings. The van der Waals surface area contributed by atoms with Crippen LogP contribution < -0.4 is 0 Å². The van der Waals surface area contributed by atoms with Crippen LogP contribution in [0.3, 0.4) is 0 Å². The highest BCUT2D eigenvalue weighted by atomic mass is 19.4. The van der Waals surface area contributed by atoms with Crippen molar-refractivity contribution in [2.24, 2.45) is 7.05 Å². The second kappa shape index (κ2) is 3.95. The van der Waals surface area contributed by atoms with Crippen molar-refractivity contribution in [2.75, 3.05) is 0 Å². The van der Waals surface area contributed by atoms with Gasteiger partial charge in [-0.1, -0.05) is 5.21 Å². The fourth-order valence-corrected chi connectivity index (χ4v) is 1.05. The number of rotatable bonds is 3. The van der Waals surface area contributed by atoms with E-state index in [1.165, 1.54) is 17.9 Å². The van der Waals surface area contributed by atoms with Crippen LogP contribution in [0.1, 0.15) is 24.6 Å². The summed E-state index contributed by atoms with van der Waals surface area (Å²) in [4.78, 5) is 0. The first-order valence-corrected chi connectivity index (χ1v) is 3.99. The largest absolute Gasteiger partial charge is 0.389 e. The monoisotopic (exact) mass is 209 g/mol. The van der Waals surface area contributed by atoms with Crippen molar-refractivity contribution < 1.29 is 18.3 Å². The van der Waals surface area contributed by atoms with E-state index in [0.29, 0.717) is 0 Å². The molecule has 0 aliphatic carbocycles. The zero-order valence-corrected chi connectivity index (χ0v) is 7.49. The minimum Gasteiger partial charge on any atom is -0.387 e. The van der Waals surface area contributed by atoms with Crippen LogP contribution in [-0.4, -0.2) is 26.3 Å². The van der Waals surface area contributed by atoms with Crippen molar-refractivity contribution in [2.45, 2.75) is 25.1 Å². The molecule has 0 amide bonds. The van der Waals surface area contributed by atoms with E-state index in [-0.39, 0.29) is 12.1 Å². The number of alkyl halides is 3. The number of hydrogen-bond donors (Lipinski definition) is 1. The second-order valence-corrected chi connectivity index (χ2v) is 2.95. The molecule has 1 aromatic heterocycles. The van der Waals surface area contributed by atoms with Crippen molar-refractivity contribution in [1.29, 1.82) is 0 Å². The van der Waals surface area contributed by atoms with Gasteiger partial charge in [0.2, 0.25) is 0 Å². The van der Waals surface area contributed by atoms with E-state index in [4.69, 9.17) is 0 Å². The average Bonchev–Trinajstić information content (AvgIpc) is 2.46. The lowest BCUT2D eigenvalue weighted by atomic mass is 10.1. The lowest BCUT2D eigenvalue weighted by molar-refractivity contribution is -0.140. The molecule has 7 heteroatoms. The van der Waals surface area contributed by atoms with Crippen LogP contribution in [0.15, 0.2) is 6.20 Å². The molecule has 4 nitrogen and oxygen atoms in total. The van der Waals surface area contributed by atoms with Crippen molar-refractivity contribution in [1.82, 2.24) is 15.0 Å². The molecule has 0 fully saturated rings. The zero-order valence-electron chi connectivity index (χ0n) is 7.49. The highest BCUT2D eigenvalue weighted by Gasteiger charge is 2.28. The van der Waals surface area contributed by atoms with Gasteiger partial charge in [-0.25, -0.2) is 4.68 Å². The number of aliphatic hydroxyl groups is 1. The highest BCUT2D eigenvalue weighted by molar-refractivity contribution is 4.97. The topological polar surface area (TPSA) is 50.9 Å². The third-order valence-corrected chi connectivity index (χ3v) is 1.79. The van der Waals surface area contributed by atoms with Crippen LogP contribution in [0, 0.1) is 0 Å². The average molecular weight is 209 g/mol. The molecule has 0 saturated heterocycles. The maximum atomic E-state index is 11.8. The predicted molar refractivity (Wildman–Crippen MR) is 41.3 cm³/mol. The molecule has 1 unspecified atom stereocenters. The van der Waals surface area contributed by atoms with Gasteiger partial charge in [0.25, 0.3) is 0 Å². The summed E-state index contributed by atoms with van der Waals surface area (Å²) in [5.74, 6) is 0. The molecule has 0 aromatic carbocycles. The van der Waals surface area contributed by atoms with Crippen LogP contribution in [0.4, 0.5) is 13.2 Å². The molecule has 0 aliphatic heterocycles. The van der Waals surface area contributed by atoms with Crippen LogP contribution >= 0.6 is 0 Å². The minimum absolute atomic E-state index is 0.286. The van der Waals surface area contributed by atoms with Crippen molar-refractivity contribution in [3.8, 4) is 0 Å². The van der Waals surface area contributed by atoms with Gasteiger partial charge in [-0.15, -0.1) is 5.10 Å². The Hall–Kier alpha value is -1.11. The first-order valence-electron chi connectivity index (χ1n) is 3.99. The van der Waals surface area contributed by atoms with Crippen LogP contribution in [-0.2, 0) is 7.05 Å². The number of aromatic nitrogens is 3. The Morgan fingerprint density at radius 3 is 2.64 bits per heavy atom. The highest BCUT2D eigenvalue weighted by Crippen LogP contribution is 2.26. The van der Waals surface area contributed by atoms with E-state index in [1.54, 1.807) is 0 Å². The Balaban J connectivity index is 2.51. The first kappa shape index (κ1) is 11.0. The SMILES string of the molecule is Cn1nncc1C(O)CCC(F)(F)F. The van der Waals surface area contributed by atoms with E-state index in [9.17, 15) is 18.3 Å². The normalized spacial score (nSPS) is 14.4. The van der Waals surface area contributed by atoms with Crippen LogP contribution in [0.5, 0.6) is 0 Å². The predicted octanol–water partition coefficient (Wildman–Crippen LogP) is 1.19. The van der Waals surface area contributed by atoms with E-state index < -0.39 is 18.7 Å². The molecule has 0 spiro atoms. The van der Waals surface area contributed by atoms with Crippen molar-refractivity contribution in [3.05, 3.63) is 11.9 Å². The maximum absolute atomic E-state index is 11.8. The molecule has 80 valence electrons. The number of nitrogens with zero attached hydrogens (tertiary/aromatic N) is 3. The second-order valence-electron chi connectivity index (χ2n) is 2.95. The van der Waals surface area contributed by atoms with Crippen molar-refractivity contribution >= 4 is 0 Å². The number of aliphatic hydroxyl groups excluding tert-OH is 1. The number of halogens is 3. The summed E-state index contributed by atoms with van der Waals surface area (Å²) in [5.41, 5.74) is 0.286. The molecular weight excluding hydrogens is 199 g/mol. The summed E-state index contributed by atoms with van der Waals surface area (Å²) in [5, 5.41) is 16.3. The molecule has 1 N–H and O–H groups in total. The maximum Gasteiger partial charge on any atom is 0.389 e. The van der Waals surface area contributed by atoms with E-state index in [2.05, 4.69) is 10.3 Å². The first-order chi connectivity index (χ1) is 6.40. The standard InChI is InChI=1S/C7H10F3N3O/c1-13-5(4-11-12-13)6(14)2-3-7(8,9)10/h4,6,14H,2-3H2,1H3. The number of aryl methyl sites for hydroxylation is 1. The number of hydrogen-bond acceptors (Lipinski definition) is 3. The molecule has 1 heterocycles. The molecule has 1 rings (SSSR count). The lowest BCUT2D eigenvalue weighted by Crippen LogP contribution is -2.12. The summed E-state index contributed by atoms with van der Waals surface area (Å²) in [6.45, 7) is 0. The third kappa shape index (κ3) is 2.99. The third-order valence-electron chi connectivity index (χ3n) is 1.79. The van der Waals surface area contributed by atoms with Gasteiger partial charge in [-0.2, -0.15) is 13.2 Å². The summed E-state index contributed by atoms with van der Waals surface area (Å²) in [6, 6.07) is 0. The van der Waals surface area contributed by atoms with Gasteiger partial charge >= 0.3 is 6.18 Å². The summed E-state index contributed by atoms with van der Waals surface area (Å²) >= 11 is 0. The Bertz CT molecular complexity index is 297.